The molecular weight excluding hydrogens is 238 g/mol. The summed E-state index contributed by atoms with van der Waals surface area (Å²) in [4.78, 5) is 12.0. The second-order valence-electron chi connectivity index (χ2n) is 5.35. The summed E-state index contributed by atoms with van der Waals surface area (Å²) in [7, 11) is 0. The molecule has 1 aromatic rings. The van der Waals surface area contributed by atoms with Crippen molar-refractivity contribution in [1.82, 2.24) is 5.32 Å². The molecule has 1 aliphatic carbocycles. The van der Waals surface area contributed by atoms with Crippen LogP contribution >= 0.6 is 0 Å². The van der Waals surface area contributed by atoms with Gasteiger partial charge in [0.15, 0.2) is 0 Å². The Morgan fingerprint density at radius 2 is 1.95 bits per heavy atom. The smallest absolute Gasteiger partial charge is 0.319 e. The average molecular weight is 261 g/mol. The standard InChI is InChI=1S/C15H23N3O/c1-11-6-8-13(9-7-11)17-15(19)18-14-5-3-2-4-12(14)10-16/h6-9,12,14H,2-5,10,16H2,1H3,(H2,17,18,19). The molecule has 1 saturated carbocycles. The number of hydrogen-bond acceptors (Lipinski definition) is 2. The minimum Gasteiger partial charge on any atom is -0.335 e. The van der Waals surface area contributed by atoms with Gasteiger partial charge in [0.25, 0.3) is 0 Å². The van der Waals surface area contributed by atoms with Crippen LogP contribution in [0.2, 0.25) is 0 Å². The molecule has 104 valence electrons. The Hall–Kier alpha value is -1.55. The van der Waals surface area contributed by atoms with Crippen LogP contribution in [0, 0.1) is 12.8 Å². The maximum Gasteiger partial charge on any atom is 0.319 e. The number of urea groups is 1. The molecule has 0 radical (unpaired) electrons. The molecule has 2 rings (SSSR count). The van der Waals surface area contributed by atoms with Crippen molar-refractivity contribution in [2.75, 3.05) is 11.9 Å². The predicted octanol–water partition coefficient (Wildman–Crippen LogP) is 2.63. The third-order valence-corrected chi connectivity index (χ3v) is 3.84. The van der Waals surface area contributed by atoms with Crippen molar-refractivity contribution < 1.29 is 4.79 Å². The largest absolute Gasteiger partial charge is 0.335 e. The lowest BCUT2D eigenvalue weighted by molar-refractivity contribution is 0.229. The Morgan fingerprint density at radius 1 is 1.26 bits per heavy atom. The van der Waals surface area contributed by atoms with E-state index in [9.17, 15) is 4.79 Å². The van der Waals surface area contributed by atoms with Gasteiger partial charge in [0.1, 0.15) is 0 Å². The molecule has 4 nitrogen and oxygen atoms in total. The van der Waals surface area contributed by atoms with Gasteiger partial charge >= 0.3 is 6.03 Å². The molecule has 2 amide bonds. The molecule has 0 heterocycles. The molecule has 0 aromatic heterocycles. The van der Waals surface area contributed by atoms with Crippen molar-refractivity contribution in [3.63, 3.8) is 0 Å². The highest BCUT2D eigenvalue weighted by molar-refractivity contribution is 5.89. The minimum absolute atomic E-state index is 0.130. The summed E-state index contributed by atoms with van der Waals surface area (Å²) >= 11 is 0. The third-order valence-electron chi connectivity index (χ3n) is 3.84. The second-order valence-corrected chi connectivity index (χ2v) is 5.35. The molecule has 1 aliphatic rings. The van der Waals surface area contributed by atoms with Gasteiger partial charge in [-0.1, -0.05) is 30.5 Å². The zero-order valence-electron chi connectivity index (χ0n) is 11.5. The van der Waals surface area contributed by atoms with Crippen molar-refractivity contribution in [1.29, 1.82) is 0 Å². The fourth-order valence-electron chi connectivity index (χ4n) is 2.65. The van der Waals surface area contributed by atoms with Crippen molar-refractivity contribution in [3.05, 3.63) is 29.8 Å². The first-order valence-corrected chi connectivity index (χ1v) is 7.03. The topological polar surface area (TPSA) is 67.2 Å². The molecule has 1 fully saturated rings. The summed E-state index contributed by atoms with van der Waals surface area (Å²) in [6, 6.07) is 7.88. The van der Waals surface area contributed by atoms with Crippen LogP contribution in [0.3, 0.4) is 0 Å². The fraction of sp³-hybridized carbons (Fsp3) is 0.533. The summed E-state index contributed by atoms with van der Waals surface area (Å²) in [5.74, 6) is 0.414. The molecule has 0 bridgehead atoms. The van der Waals surface area contributed by atoms with Gasteiger partial charge in [-0.15, -0.1) is 0 Å². The molecular formula is C15H23N3O. The van der Waals surface area contributed by atoms with Gasteiger partial charge in [-0.05, 0) is 44.4 Å². The lowest BCUT2D eigenvalue weighted by atomic mass is 9.84. The van der Waals surface area contributed by atoms with Gasteiger partial charge < -0.3 is 16.4 Å². The highest BCUT2D eigenvalue weighted by Crippen LogP contribution is 2.23. The Morgan fingerprint density at radius 3 is 2.63 bits per heavy atom. The minimum atomic E-state index is -0.130. The summed E-state index contributed by atoms with van der Waals surface area (Å²) in [6.07, 6.45) is 4.54. The normalized spacial score (nSPS) is 22.8. The van der Waals surface area contributed by atoms with E-state index in [-0.39, 0.29) is 12.1 Å². The molecule has 2 atom stereocenters. The first-order valence-electron chi connectivity index (χ1n) is 7.03. The van der Waals surface area contributed by atoms with E-state index in [1.165, 1.54) is 18.4 Å². The van der Waals surface area contributed by atoms with Crippen molar-refractivity contribution in [2.24, 2.45) is 11.7 Å². The maximum absolute atomic E-state index is 12.0. The summed E-state index contributed by atoms with van der Waals surface area (Å²) in [5, 5.41) is 5.92. The highest BCUT2D eigenvalue weighted by Gasteiger charge is 2.25. The number of benzene rings is 1. The van der Waals surface area contributed by atoms with E-state index in [1.807, 2.05) is 31.2 Å². The Kier molecular flexibility index (Phi) is 4.80. The number of rotatable bonds is 3. The number of nitrogens with one attached hydrogen (secondary N) is 2. The van der Waals surface area contributed by atoms with Gasteiger partial charge in [-0.25, -0.2) is 4.79 Å². The molecule has 0 aliphatic heterocycles. The summed E-state index contributed by atoms with van der Waals surface area (Å²) < 4.78 is 0. The zero-order valence-corrected chi connectivity index (χ0v) is 11.5. The first-order chi connectivity index (χ1) is 9.19. The molecule has 4 heteroatoms. The van der Waals surface area contributed by atoms with Crippen LogP contribution < -0.4 is 16.4 Å². The Labute approximate surface area is 114 Å². The molecule has 0 spiro atoms. The van der Waals surface area contributed by atoms with Gasteiger partial charge in [0.05, 0.1) is 0 Å². The number of nitrogens with two attached hydrogens (primary N) is 1. The van der Waals surface area contributed by atoms with Gasteiger partial charge in [0, 0.05) is 11.7 Å². The van der Waals surface area contributed by atoms with E-state index >= 15 is 0 Å². The number of hydrogen-bond donors (Lipinski definition) is 3. The fourth-order valence-corrected chi connectivity index (χ4v) is 2.65. The monoisotopic (exact) mass is 261 g/mol. The number of aryl methyl sites for hydroxylation is 1. The lowest BCUT2D eigenvalue weighted by Gasteiger charge is -2.31. The van der Waals surface area contributed by atoms with Crippen LogP contribution in [0.4, 0.5) is 10.5 Å². The van der Waals surface area contributed by atoms with Gasteiger partial charge in [-0.3, -0.25) is 0 Å². The maximum atomic E-state index is 12.0. The van der Waals surface area contributed by atoms with E-state index in [0.717, 1.165) is 18.5 Å². The zero-order chi connectivity index (χ0) is 13.7. The SMILES string of the molecule is Cc1ccc(NC(=O)NC2CCCCC2CN)cc1. The van der Waals surface area contributed by atoms with Crippen LogP contribution in [0.25, 0.3) is 0 Å². The van der Waals surface area contributed by atoms with Crippen molar-refractivity contribution in [2.45, 2.75) is 38.6 Å². The van der Waals surface area contributed by atoms with Crippen LogP contribution in [-0.2, 0) is 0 Å². The first kappa shape index (κ1) is 13.9. The van der Waals surface area contributed by atoms with E-state index in [2.05, 4.69) is 10.6 Å². The predicted molar refractivity (Wildman–Crippen MR) is 78.1 cm³/mol. The van der Waals surface area contributed by atoms with Crippen LogP contribution in [0.15, 0.2) is 24.3 Å². The molecule has 0 saturated heterocycles. The second kappa shape index (κ2) is 6.57. The van der Waals surface area contributed by atoms with E-state index in [4.69, 9.17) is 5.73 Å². The molecule has 4 N–H and O–H groups in total. The van der Waals surface area contributed by atoms with E-state index in [1.54, 1.807) is 0 Å². The van der Waals surface area contributed by atoms with E-state index < -0.39 is 0 Å². The van der Waals surface area contributed by atoms with Crippen molar-refractivity contribution in [3.8, 4) is 0 Å². The van der Waals surface area contributed by atoms with Crippen molar-refractivity contribution >= 4 is 11.7 Å². The van der Waals surface area contributed by atoms with Crippen LogP contribution in [0.1, 0.15) is 31.2 Å². The van der Waals surface area contributed by atoms with Crippen LogP contribution in [-0.4, -0.2) is 18.6 Å². The average Bonchev–Trinajstić information content (AvgIpc) is 2.42. The third kappa shape index (κ3) is 3.96. The quantitative estimate of drug-likeness (QED) is 0.783. The number of carbonyl (C=O) groups is 1. The summed E-state index contributed by atoms with van der Waals surface area (Å²) in [5.41, 5.74) is 7.77. The number of anilines is 1. The lowest BCUT2D eigenvalue weighted by Crippen LogP contribution is -2.46. The van der Waals surface area contributed by atoms with E-state index in [0.29, 0.717) is 12.5 Å². The molecule has 19 heavy (non-hydrogen) atoms. The number of carbonyl (C=O) groups excluding carboxylic acids is 1. The highest BCUT2D eigenvalue weighted by atomic mass is 16.2. The summed E-state index contributed by atoms with van der Waals surface area (Å²) in [6.45, 7) is 2.67. The number of amides is 2. The molecule has 2 unspecified atom stereocenters. The van der Waals surface area contributed by atoms with Gasteiger partial charge in [0.2, 0.25) is 0 Å². The van der Waals surface area contributed by atoms with Crippen LogP contribution in [0.5, 0.6) is 0 Å². The Bertz CT molecular complexity index is 416. The Balaban J connectivity index is 1.88. The van der Waals surface area contributed by atoms with Gasteiger partial charge in [-0.2, -0.15) is 0 Å². The molecule has 1 aromatic carbocycles.